The van der Waals surface area contributed by atoms with Crippen molar-refractivity contribution in [1.82, 2.24) is 5.32 Å². The van der Waals surface area contributed by atoms with E-state index in [1.165, 1.54) is 18.4 Å². The topological polar surface area (TPSA) is 75.6 Å². The number of aliphatic carboxylic acids is 1. The van der Waals surface area contributed by atoms with Crippen molar-refractivity contribution in [2.75, 3.05) is 7.11 Å². The van der Waals surface area contributed by atoms with Crippen LogP contribution < -0.4 is 10.1 Å². The Labute approximate surface area is 117 Å². The number of amides is 1. The molecule has 1 aromatic rings. The van der Waals surface area contributed by atoms with Crippen LogP contribution in [0.1, 0.15) is 29.4 Å². The fraction of sp³-hybridized carbons (Fsp3) is 0.455. The van der Waals surface area contributed by atoms with Gasteiger partial charge in [-0.15, -0.1) is 11.3 Å². The molecule has 0 saturated heterocycles. The summed E-state index contributed by atoms with van der Waals surface area (Å²) in [4.78, 5) is 22.8. The number of halogens is 1. The maximum Gasteiger partial charge on any atom is 0.303 e. The Balaban J connectivity index is 2.56. The molecule has 0 spiro atoms. The number of thiophene rings is 1. The Hall–Kier alpha value is -1.08. The quantitative estimate of drug-likeness (QED) is 0.837. The third-order valence-corrected chi connectivity index (χ3v) is 4.05. The predicted molar refractivity (Wildman–Crippen MR) is 72.4 cm³/mol. The van der Waals surface area contributed by atoms with Crippen LogP contribution in [-0.4, -0.2) is 30.1 Å². The molecule has 100 valence electrons. The highest BCUT2D eigenvalue weighted by Crippen LogP contribution is 2.34. The van der Waals surface area contributed by atoms with Gasteiger partial charge in [0.1, 0.15) is 9.54 Å². The molecule has 0 aliphatic carbocycles. The van der Waals surface area contributed by atoms with Gasteiger partial charge in [0.2, 0.25) is 0 Å². The van der Waals surface area contributed by atoms with Crippen molar-refractivity contribution in [2.24, 2.45) is 0 Å². The molecule has 1 unspecified atom stereocenters. The molecule has 5 nitrogen and oxygen atoms in total. The van der Waals surface area contributed by atoms with Crippen LogP contribution in [0.15, 0.2) is 9.85 Å². The fourth-order valence-electron chi connectivity index (χ4n) is 1.31. The van der Waals surface area contributed by atoms with Gasteiger partial charge < -0.3 is 15.2 Å². The zero-order valence-corrected chi connectivity index (χ0v) is 12.4. The molecule has 0 fully saturated rings. The van der Waals surface area contributed by atoms with E-state index in [0.29, 0.717) is 17.0 Å². The molecular formula is C11H14BrNO4S. The number of carbonyl (C=O) groups excluding carboxylic acids is 1. The molecule has 0 aliphatic heterocycles. The number of hydrogen-bond donors (Lipinski definition) is 2. The highest BCUT2D eigenvalue weighted by atomic mass is 79.9. The molecule has 0 saturated carbocycles. The summed E-state index contributed by atoms with van der Waals surface area (Å²) < 4.78 is 5.82. The Morgan fingerprint density at radius 3 is 2.78 bits per heavy atom. The number of nitrogens with one attached hydrogen (secondary N) is 1. The lowest BCUT2D eigenvalue weighted by Gasteiger charge is -2.11. The normalized spacial score (nSPS) is 11.9. The highest BCUT2D eigenvalue weighted by Gasteiger charge is 2.16. The van der Waals surface area contributed by atoms with E-state index in [1.807, 2.05) is 0 Å². The van der Waals surface area contributed by atoms with Gasteiger partial charge in [-0.3, -0.25) is 9.59 Å². The largest absolute Gasteiger partial charge is 0.495 e. The van der Waals surface area contributed by atoms with Crippen molar-refractivity contribution < 1.29 is 19.4 Å². The van der Waals surface area contributed by atoms with E-state index < -0.39 is 5.97 Å². The van der Waals surface area contributed by atoms with Gasteiger partial charge in [-0.2, -0.15) is 0 Å². The van der Waals surface area contributed by atoms with E-state index in [9.17, 15) is 9.59 Å². The Kier molecular flexibility index (Phi) is 5.61. The molecule has 0 bridgehead atoms. The van der Waals surface area contributed by atoms with E-state index in [0.717, 1.165) is 3.79 Å². The van der Waals surface area contributed by atoms with Crippen LogP contribution >= 0.6 is 27.3 Å². The number of ether oxygens (including phenoxy) is 1. The molecule has 2 N–H and O–H groups in total. The van der Waals surface area contributed by atoms with Crippen molar-refractivity contribution >= 4 is 39.1 Å². The number of rotatable bonds is 6. The summed E-state index contributed by atoms with van der Waals surface area (Å²) in [6.45, 7) is 1.78. The second-order valence-corrected chi connectivity index (χ2v) is 6.13. The summed E-state index contributed by atoms with van der Waals surface area (Å²) in [6.07, 6.45) is 0.448. The first-order valence-corrected chi connectivity index (χ1v) is 6.91. The lowest BCUT2D eigenvalue weighted by atomic mass is 10.2. The lowest BCUT2D eigenvalue weighted by molar-refractivity contribution is -0.137. The first-order chi connectivity index (χ1) is 8.43. The Bertz CT molecular complexity index is 446. The molecule has 0 aliphatic rings. The van der Waals surface area contributed by atoms with Crippen molar-refractivity contribution in [3.05, 3.63) is 14.7 Å². The average molecular weight is 336 g/mol. The third-order valence-electron chi connectivity index (χ3n) is 2.27. The van der Waals surface area contributed by atoms with Crippen LogP contribution in [0.2, 0.25) is 0 Å². The fourth-order valence-corrected chi connectivity index (χ4v) is 2.86. The van der Waals surface area contributed by atoms with Gasteiger partial charge in [-0.25, -0.2) is 0 Å². The summed E-state index contributed by atoms with van der Waals surface area (Å²) >= 11 is 4.57. The van der Waals surface area contributed by atoms with E-state index in [4.69, 9.17) is 9.84 Å². The number of hydrogen-bond acceptors (Lipinski definition) is 4. The maximum absolute atomic E-state index is 11.9. The molecular weight excluding hydrogens is 322 g/mol. The monoisotopic (exact) mass is 335 g/mol. The van der Waals surface area contributed by atoms with Crippen LogP contribution in [0.4, 0.5) is 0 Å². The third kappa shape index (κ3) is 4.30. The van der Waals surface area contributed by atoms with E-state index in [1.54, 1.807) is 13.0 Å². The first-order valence-electron chi connectivity index (χ1n) is 5.30. The van der Waals surface area contributed by atoms with Crippen molar-refractivity contribution in [3.8, 4) is 5.75 Å². The smallest absolute Gasteiger partial charge is 0.303 e. The van der Waals surface area contributed by atoms with Gasteiger partial charge in [0, 0.05) is 18.5 Å². The molecule has 1 rings (SSSR count). The first kappa shape index (κ1) is 15.0. The van der Waals surface area contributed by atoms with Crippen molar-refractivity contribution in [2.45, 2.75) is 25.8 Å². The van der Waals surface area contributed by atoms with Gasteiger partial charge in [-0.05, 0) is 29.3 Å². The molecule has 1 aromatic heterocycles. The van der Waals surface area contributed by atoms with E-state index in [2.05, 4.69) is 21.2 Å². The summed E-state index contributed by atoms with van der Waals surface area (Å²) in [5.74, 6) is -0.470. The zero-order chi connectivity index (χ0) is 13.7. The van der Waals surface area contributed by atoms with E-state index >= 15 is 0 Å². The summed E-state index contributed by atoms with van der Waals surface area (Å²) in [7, 11) is 1.53. The number of carboxylic acids is 1. The van der Waals surface area contributed by atoms with Gasteiger partial charge >= 0.3 is 5.97 Å². The van der Waals surface area contributed by atoms with Gasteiger partial charge in [-0.1, -0.05) is 0 Å². The Morgan fingerprint density at radius 1 is 1.61 bits per heavy atom. The molecule has 1 amide bonds. The van der Waals surface area contributed by atoms with Crippen LogP contribution in [0.3, 0.4) is 0 Å². The SMILES string of the molecule is COc1cc(C(=O)NC(C)CCC(=O)O)sc1Br. The van der Waals surface area contributed by atoms with Gasteiger partial charge in [0.05, 0.1) is 12.0 Å². The summed E-state index contributed by atoms with van der Waals surface area (Å²) in [6, 6.07) is 1.47. The zero-order valence-electron chi connectivity index (χ0n) is 10.0. The van der Waals surface area contributed by atoms with Crippen molar-refractivity contribution in [1.29, 1.82) is 0 Å². The van der Waals surface area contributed by atoms with Gasteiger partial charge in [0.15, 0.2) is 0 Å². The predicted octanol–water partition coefficient (Wildman–Crippen LogP) is 2.50. The van der Waals surface area contributed by atoms with Crippen LogP contribution in [-0.2, 0) is 4.79 Å². The molecule has 0 aromatic carbocycles. The second-order valence-electron chi connectivity index (χ2n) is 3.76. The highest BCUT2D eigenvalue weighted by molar-refractivity contribution is 9.11. The van der Waals surface area contributed by atoms with Crippen LogP contribution in [0, 0.1) is 0 Å². The number of methoxy groups -OCH3 is 1. The van der Waals surface area contributed by atoms with Gasteiger partial charge in [0.25, 0.3) is 5.91 Å². The summed E-state index contributed by atoms with van der Waals surface area (Å²) in [5.41, 5.74) is 0. The lowest BCUT2D eigenvalue weighted by Crippen LogP contribution is -2.32. The molecule has 18 heavy (non-hydrogen) atoms. The molecule has 1 atom stereocenters. The van der Waals surface area contributed by atoms with Crippen LogP contribution in [0.25, 0.3) is 0 Å². The summed E-state index contributed by atoms with van der Waals surface area (Å²) in [5, 5.41) is 11.3. The minimum absolute atomic E-state index is 0.0406. The standard InChI is InChI=1S/C11H14BrNO4S/c1-6(3-4-9(14)15)13-11(16)8-5-7(17-2)10(12)18-8/h5-6H,3-4H2,1-2H3,(H,13,16)(H,14,15). The minimum atomic E-state index is -0.864. The second kappa shape index (κ2) is 6.75. The van der Waals surface area contributed by atoms with Crippen LogP contribution in [0.5, 0.6) is 5.75 Å². The van der Waals surface area contributed by atoms with E-state index in [-0.39, 0.29) is 18.4 Å². The Morgan fingerprint density at radius 2 is 2.28 bits per heavy atom. The molecule has 0 radical (unpaired) electrons. The molecule has 7 heteroatoms. The van der Waals surface area contributed by atoms with Crippen molar-refractivity contribution in [3.63, 3.8) is 0 Å². The number of carbonyl (C=O) groups is 2. The average Bonchev–Trinajstić information content (AvgIpc) is 2.68. The maximum atomic E-state index is 11.9. The minimum Gasteiger partial charge on any atom is -0.495 e. The molecule has 1 heterocycles. The number of carboxylic acid groups (broad SMARTS) is 1.